The molecule has 0 saturated carbocycles. The second kappa shape index (κ2) is 8.52. The van der Waals surface area contributed by atoms with Gasteiger partial charge in [0, 0.05) is 16.5 Å². The molecule has 0 aliphatic rings. The minimum absolute atomic E-state index is 0.0494. The third kappa shape index (κ3) is 4.19. The lowest BCUT2D eigenvalue weighted by atomic mass is 10.1. The molecule has 0 fully saturated rings. The number of benzene rings is 2. The van der Waals surface area contributed by atoms with Gasteiger partial charge in [0.05, 0.1) is 16.9 Å². The first-order valence-corrected chi connectivity index (χ1v) is 10.6. The van der Waals surface area contributed by atoms with Gasteiger partial charge in [-0.15, -0.1) is 0 Å². The Morgan fingerprint density at radius 1 is 1.19 bits per heavy atom. The number of fused-ring (bicyclic) bond motifs is 1. The van der Waals surface area contributed by atoms with E-state index < -0.39 is 5.82 Å². The fourth-order valence-electron chi connectivity index (χ4n) is 3.06. The lowest BCUT2D eigenvalue weighted by molar-refractivity contribution is 0.593. The third-order valence-corrected chi connectivity index (χ3v) is 5.86. The number of aromatic nitrogens is 4. The zero-order chi connectivity index (χ0) is 22.1. The highest BCUT2D eigenvalue weighted by Gasteiger charge is 2.18. The Bertz CT molecular complexity index is 1340. The predicted octanol–water partition coefficient (Wildman–Crippen LogP) is 4.93. The summed E-state index contributed by atoms with van der Waals surface area (Å²) in [6.45, 7) is 3.70. The normalized spacial score (nSPS) is 11.3. The quantitative estimate of drug-likeness (QED) is 0.411. The molecule has 31 heavy (non-hydrogen) atoms. The Morgan fingerprint density at radius 2 is 1.97 bits per heavy atom. The van der Waals surface area contributed by atoms with Crippen molar-refractivity contribution in [3.8, 4) is 11.3 Å². The van der Waals surface area contributed by atoms with Crippen molar-refractivity contribution in [2.24, 2.45) is 0 Å². The van der Waals surface area contributed by atoms with Crippen LogP contribution >= 0.6 is 23.5 Å². The van der Waals surface area contributed by atoms with E-state index in [4.69, 9.17) is 17.3 Å². The molecule has 0 amide bonds. The molecule has 0 aliphatic carbocycles. The van der Waals surface area contributed by atoms with Gasteiger partial charge in [-0.1, -0.05) is 29.8 Å². The Labute approximate surface area is 186 Å². The van der Waals surface area contributed by atoms with E-state index in [1.807, 2.05) is 32.0 Å². The van der Waals surface area contributed by atoms with Crippen molar-refractivity contribution in [2.45, 2.75) is 24.8 Å². The minimum Gasteiger partial charge on any atom is -0.368 e. The molecule has 0 radical (unpaired) electrons. The van der Waals surface area contributed by atoms with Gasteiger partial charge in [-0.05, 0) is 50.1 Å². The van der Waals surface area contributed by atoms with Crippen LogP contribution in [0.1, 0.15) is 19.9 Å². The SMILES string of the molecule is CC(C)n1c(=O)c(-c2ccc(NSc3ccccc3Cl)c(F)c2)nc2cnc(N)nc21. The number of nitrogens with two attached hydrogens (primary N) is 1. The van der Waals surface area contributed by atoms with Gasteiger partial charge in [0.25, 0.3) is 5.56 Å². The van der Waals surface area contributed by atoms with Crippen LogP contribution < -0.4 is 16.0 Å². The van der Waals surface area contributed by atoms with Crippen molar-refractivity contribution in [3.63, 3.8) is 0 Å². The number of anilines is 2. The molecule has 0 atom stereocenters. The van der Waals surface area contributed by atoms with Crippen LogP contribution in [-0.2, 0) is 0 Å². The molecule has 2 aromatic carbocycles. The highest BCUT2D eigenvalue weighted by molar-refractivity contribution is 8.00. The number of hydrogen-bond acceptors (Lipinski definition) is 7. The lowest BCUT2D eigenvalue weighted by Crippen LogP contribution is -2.26. The molecule has 10 heteroatoms. The van der Waals surface area contributed by atoms with E-state index in [9.17, 15) is 9.18 Å². The van der Waals surface area contributed by atoms with Gasteiger partial charge in [-0.25, -0.2) is 14.4 Å². The summed E-state index contributed by atoms with van der Waals surface area (Å²) >= 11 is 7.33. The van der Waals surface area contributed by atoms with Crippen LogP contribution in [0.5, 0.6) is 0 Å². The molecule has 0 aliphatic heterocycles. The monoisotopic (exact) mass is 456 g/mol. The number of nitrogens with one attached hydrogen (secondary N) is 1. The molecular weight excluding hydrogens is 439 g/mol. The van der Waals surface area contributed by atoms with Crippen LogP contribution in [0.25, 0.3) is 22.4 Å². The Balaban J connectivity index is 1.72. The van der Waals surface area contributed by atoms with Crippen molar-refractivity contribution in [2.75, 3.05) is 10.5 Å². The van der Waals surface area contributed by atoms with Gasteiger partial charge < -0.3 is 10.5 Å². The lowest BCUT2D eigenvalue weighted by Gasteiger charge is -2.15. The summed E-state index contributed by atoms with van der Waals surface area (Å²) in [5, 5.41) is 0.564. The first-order chi connectivity index (χ1) is 14.8. The van der Waals surface area contributed by atoms with Crippen LogP contribution in [0.15, 0.2) is 58.4 Å². The van der Waals surface area contributed by atoms with Gasteiger partial charge in [-0.3, -0.25) is 9.36 Å². The molecule has 4 rings (SSSR count). The largest absolute Gasteiger partial charge is 0.368 e. The first-order valence-electron chi connectivity index (χ1n) is 9.37. The van der Waals surface area contributed by atoms with E-state index >= 15 is 0 Å². The predicted molar refractivity (Wildman–Crippen MR) is 123 cm³/mol. The first kappa shape index (κ1) is 21.1. The summed E-state index contributed by atoms with van der Waals surface area (Å²) in [5.41, 5.74) is 6.75. The standard InChI is InChI=1S/C21H18ClFN6OS/c1-11(2)29-19-16(10-25-21(24)27-19)26-18(20(29)30)12-7-8-15(14(23)9-12)28-31-17-6-4-3-5-13(17)22/h3-11,28H,1-2H3,(H2,24,25,27). The maximum atomic E-state index is 14.8. The van der Waals surface area contributed by atoms with Crippen molar-refractivity contribution >= 4 is 46.3 Å². The van der Waals surface area contributed by atoms with Crippen LogP contribution in [0.2, 0.25) is 5.02 Å². The number of nitrogens with zero attached hydrogens (tertiary/aromatic N) is 4. The van der Waals surface area contributed by atoms with Crippen LogP contribution in [-0.4, -0.2) is 19.5 Å². The fourth-order valence-corrected chi connectivity index (χ4v) is 4.01. The molecule has 4 aromatic rings. The average molecular weight is 457 g/mol. The summed E-state index contributed by atoms with van der Waals surface area (Å²) in [7, 11) is 0. The van der Waals surface area contributed by atoms with Gasteiger partial charge in [-0.2, -0.15) is 4.98 Å². The van der Waals surface area contributed by atoms with Crippen LogP contribution in [0, 0.1) is 5.82 Å². The zero-order valence-electron chi connectivity index (χ0n) is 16.6. The molecule has 7 nitrogen and oxygen atoms in total. The smallest absolute Gasteiger partial charge is 0.278 e. The summed E-state index contributed by atoms with van der Waals surface area (Å²) in [6.07, 6.45) is 1.45. The van der Waals surface area contributed by atoms with Gasteiger partial charge in [0.1, 0.15) is 17.0 Å². The molecule has 0 unspecified atom stereocenters. The molecule has 0 saturated heterocycles. The molecule has 2 heterocycles. The number of halogens is 2. The van der Waals surface area contributed by atoms with Crippen LogP contribution in [0.3, 0.4) is 0 Å². The zero-order valence-corrected chi connectivity index (χ0v) is 18.2. The van der Waals surface area contributed by atoms with Crippen molar-refractivity contribution in [1.82, 2.24) is 19.5 Å². The van der Waals surface area contributed by atoms with Gasteiger partial charge in [0.15, 0.2) is 5.65 Å². The van der Waals surface area contributed by atoms with Crippen molar-refractivity contribution in [3.05, 3.63) is 69.9 Å². The number of nitrogen functional groups attached to an aromatic ring is 1. The number of hydrogen-bond donors (Lipinski definition) is 2. The van der Waals surface area contributed by atoms with Crippen LogP contribution in [0.4, 0.5) is 16.0 Å². The highest BCUT2D eigenvalue weighted by atomic mass is 35.5. The van der Waals surface area contributed by atoms with E-state index in [0.29, 0.717) is 21.7 Å². The topological polar surface area (TPSA) is 98.7 Å². The minimum atomic E-state index is -0.525. The summed E-state index contributed by atoms with van der Waals surface area (Å²) in [4.78, 5) is 26.4. The average Bonchev–Trinajstić information content (AvgIpc) is 2.73. The molecular formula is C21H18ClFN6OS. The van der Waals surface area contributed by atoms with E-state index in [0.717, 1.165) is 4.90 Å². The van der Waals surface area contributed by atoms with E-state index in [2.05, 4.69) is 19.7 Å². The number of rotatable bonds is 5. The summed E-state index contributed by atoms with van der Waals surface area (Å²) in [6, 6.07) is 11.5. The maximum Gasteiger partial charge on any atom is 0.278 e. The Kier molecular flexibility index (Phi) is 5.79. The summed E-state index contributed by atoms with van der Waals surface area (Å²) < 4.78 is 19.2. The van der Waals surface area contributed by atoms with E-state index in [1.54, 1.807) is 18.2 Å². The van der Waals surface area contributed by atoms with E-state index in [-0.39, 0.29) is 28.9 Å². The maximum absolute atomic E-state index is 14.8. The fraction of sp³-hybridized carbons (Fsp3) is 0.143. The second-order valence-electron chi connectivity index (χ2n) is 7.00. The Morgan fingerprint density at radius 3 is 2.68 bits per heavy atom. The van der Waals surface area contributed by atoms with Crippen molar-refractivity contribution in [1.29, 1.82) is 0 Å². The Hall–Kier alpha value is -3.17. The van der Waals surface area contributed by atoms with E-state index in [1.165, 1.54) is 28.8 Å². The highest BCUT2D eigenvalue weighted by Crippen LogP contribution is 2.30. The van der Waals surface area contributed by atoms with Gasteiger partial charge in [0.2, 0.25) is 5.95 Å². The third-order valence-electron chi connectivity index (χ3n) is 4.52. The van der Waals surface area contributed by atoms with Gasteiger partial charge >= 0.3 is 0 Å². The molecule has 3 N–H and O–H groups in total. The molecule has 2 aromatic heterocycles. The molecule has 0 spiro atoms. The summed E-state index contributed by atoms with van der Waals surface area (Å²) in [5.74, 6) is -0.476. The molecule has 0 bridgehead atoms. The second-order valence-corrected chi connectivity index (χ2v) is 8.25. The van der Waals surface area contributed by atoms with Crippen molar-refractivity contribution < 1.29 is 4.39 Å². The molecule has 158 valence electrons.